The normalized spacial score (nSPS) is 11.7. The molecular formula is C16H11NO4. The van der Waals surface area contributed by atoms with E-state index in [0.717, 1.165) is 5.39 Å². The number of phenols is 2. The van der Waals surface area contributed by atoms with Gasteiger partial charge in [0.1, 0.15) is 22.7 Å². The fourth-order valence-electron chi connectivity index (χ4n) is 2.75. The van der Waals surface area contributed by atoms with Crippen molar-refractivity contribution in [2.75, 3.05) is 0 Å². The molecule has 0 atom stereocenters. The van der Waals surface area contributed by atoms with Crippen molar-refractivity contribution in [2.45, 2.75) is 0 Å². The van der Waals surface area contributed by atoms with Crippen LogP contribution in [0.5, 0.6) is 11.5 Å². The van der Waals surface area contributed by atoms with E-state index in [2.05, 4.69) is 0 Å². The van der Waals surface area contributed by atoms with Crippen LogP contribution in [0.3, 0.4) is 0 Å². The van der Waals surface area contributed by atoms with Gasteiger partial charge in [-0.25, -0.2) is 0 Å². The fraction of sp³-hybridized carbons (Fsp3) is 0.0625. The zero-order valence-corrected chi connectivity index (χ0v) is 11.1. The van der Waals surface area contributed by atoms with E-state index in [0.29, 0.717) is 27.5 Å². The van der Waals surface area contributed by atoms with E-state index in [4.69, 9.17) is 4.42 Å². The molecule has 5 heteroatoms. The molecule has 0 saturated heterocycles. The lowest BCUT2D eigenvalue weighted by molar-refractivity contribution is 0.475. The summed E-state index contributed by atoms with van der Waals surface area (Å²) in [6.07, 6.45) is 0. The highest BCUT2D eigenvalue weighted by Crippen LogP contribution is 2.33. The monoisotopic (exact) mass is 281 g/mol. The number of aromatic nitrogens is 1. The quantitative estimate of drug-likeness (QED) is 0.519. The Morgan fingerprint density at radius 1 is 1.00 bits per heavy atom. The second kappa shape index (κ2) is 3.79. The van der Waals surface area contributed by atoms with Crippen molar-refractivity contribution in [2.24, 2.45) is 7.05 Å². The molecule has 2 heterocycles. The van der Waals surface area contributed by atoms with Crippen LogP contribution in [-0.2, 0) is 7.05 Å². The lowest BCUT2D eigenvalue weighted by Gasteiger charge is -2.05. The molecule has 2 aromatic heterocycles. The van der Waals surface area contributed by atoms with Crippen LogP contribution in [0, 0.1) is 0 Å². The minimum atomic E-state index is -0.229. The van der Waals surface area contributed by atoms with Gasteiger partial charge in [-0.05, 0) is 30.3 Å². The van der Waals surface area contributed by atoms with Crippen LogP contribution in [0.1, 0.15) is 0 Å². The maximum Gasteiger partial charge on any atom is 0.262 e. The third-order valence-corrected chi connectivity index (χ3v) is 3.78. The van der Waals surface area contributed by atoms with Crippen LogP contribution >= 0.6 is 0 Å². The van der Waals surface area contributed by atoms with E-state index in [1.165, 1.54) is 22.8 Å². The highest BCUT2D eigenvalue weighted by Gasteiger charge is 2.16. The SMILES string of the molecule is Cn1c(=O)c2c3cc(O)ccc3oc2c2ccc(O)cc21. The first-order valence-electron chi connectivity index (χ1n) is 6.43. The van der Waals surface area contributed by atoms with Gasteiger partial charge in [0.2, 0.25) is 0 Å². The van der Waals surface area contributed by atoms with Crippen molar-refractivity contribution < 1.29 is 14.6 Å². The minimum Gasteiger partial charge on any atom is -0.508 e. The van der Waals surface area contributed by atoms with Crippen molar-refractivity contribution >= 4 is 32.8 Å². The fourth-order valence-corrected chi connectivity index (χ4v) is 2.75. The molecular weight excluding hydrogens is 270 g/mol. The molecule has 2 aromatic carbocycles. The lowest BCUT2D eigenvalue weighted by Crippen LogP contribution is -2.16. The highest BCUT2D eigenvalue weighted by atomic mass is 16.3. The van der Waals surface area contributed by atoms with Crippen LogP contribution in [0.25, 0.3) is 32.8 Å². The molecule has 21 heavy (non-hydrogen) atoms. The molecule has 0 spiro atoms. The molecule has 0 fully saturated rings. The summed E-state index contributed by atoms with van der Waals surface area (Å²) in [7, 11) is 1.64. The van der Waals surface area contributed by atoms with Gasteiger partial charge >= 0.3 is 0 Å². The Bertz CT molecular complexity index is 1090. The first kappa shape index (κ1) is 11.8. The molecule has 104 valence electrons. The third kappa shape index (κ3) is 1.48. The van der Waals surface area contributed by atoms with Crippen LogP contribution in [0.15, 0.2) is 45.6 Å². The lowest BCUT2D eigenvalue weighted by atomic mass is 10.1. The standard InChI is InChI=1S/C16H11NO4/c1-17-12-7-9(19)2-4-10(12)15-14(16(17)20)11-6-8(18)3-5-13(11)21-15/h2-7,18-19H,1H3. The van der Waals surface area contributed by atoms with E-state index in [1.807, 2.05) is 0 Å². The number of aryl methyl sites for hydroxylation is 1. The topological polar surface area (TPSA) is 75.6 Å². The van der Waals surface area contributed by atoms with E-state index in [-0.39, 0.29) is 17.1 Å². The average Bonchev–Trinajstić information content (AvgIpc) is 2.83. The number of nitrogens with zero attached hydrogens (tertiary/aromatic N) is 1. The van der Waals surface area contributed by atoms with Crippen molar-refractivity contribution in [3.05, 3.63) is 46.8 Å². The van der Waals surface area contributed by atoms with Gasteiger partial charge in [0.25, 0.3) is 5.56 Å². The number of hydrogen-bond acceptors (Lipinski definition) is 4. The maximum atomic E-state index is 12.6. The molecule has 4 aromatic rings. The van der Waals surface area contributed by atoms with Gasteiger partial charge in [0.05, 0.1) is 10.9 Å². The number of fused-ring (bicyclic) bond motifs is 5. The van der Waals surface area contributed by atoms with E-state index < -0.39 is 0 Å². The van der Waals surface area contributed by atoms with E-state index in [1.54, 1.807) is 25.2 Å². The van der Waals surface area contributed by atoms with Gasteiger partial charge in [-0.2, -0.15) is 0 Å². The number of benzene rings is 2. The summed E-state index contributed by atoms with van der Waals surface area (Å²) >= 11 is 0. The summed E-state index contributed by atoms with van der Waals surface area (Å²) in [5, 5.41) is 21.0. The zero-order chi connectivity index (χ0) is 14.7. The first-order chi connectivity index (χ1) is 10.1. The summed E-state index contributed by atoms with van der Waals surface area (Å²) in [5.74, 6) is 0.170. The largest absolute Gasteiger partial charge is 0.508 e. The second-order valence-electron chi connectivity index (χ2n) is 5.05. The molecule has 2 N–H and O–H groups in total. The molecule has 0 unspecified atom stereocenters. The molecule has 0 aliphatic heterocycles. The smallest absolute Gasteiger partial charge is 0.262 e. The van der Waals surface area contributed by atoms with Crippen LogP contribution in [0.2, 0.25) is 0 Å². The van der Waals surface area contributed by atoms with Gasteiger partial charge < -0.3 is 19.2 Å². The molecule has 0 bridgehead atoms. The first-order valence-corrected chi connectivity index (χ1v) is 6.43. The summed E-state index contributed by atoms with van der Waals surface area (Å²) in [6, 6.07) is 9.47. The summed E-state index contributed by atoms with van der Waals surface area (Å²) in [5.41, 5.74) is 1.37. The molecule has 4 rings (SSSR count). The number of hydrogen-bond donors (Lipinski definition) is 2. The van der Waals surface area contributed by atoms with Gasteiger partial charge in [-0.15, -0.1) is 0 Å². The average molecular weight is 281 g/mol. The molecule has 0 aliphatic carbocycles. The number of rotatable bonds is 0. The van der Waals surface area contributed by atoms with Crippen LogP contribution in [0.4, 0.5) is 0 Å². The molecule has 0 radical (unpaired) electrons. The summed E-state index contributed by atoms with van der Waals surface area (Å²) < 4.78 is 7.26. The number of phenolic OH excluding ortho intramolecular Hbond substituents is 2. The summed E-state index contributed by atoms with van der Waals surface area (Å²) in [4.78, 5) is 12.6. The van der Waals surface area contributed by atoms with E-state index in [9.17, 15) is 15.0 Å². The second-order valence-corrected chi connectivity index (χ2v) is 5.05. The van der Waals surface area contributed by atoms with Crippen LogP contribution < -0.4 is 5.56 Å². The Kier molecular flexibility index (Phi) is 2.14. The minimum absolute atomic E-state index is 0.0815. The number of pyridine rings is 1. The Balaban J connectivity index is 2.38. The predicted octanol–water partition coefficient (Wildman–Crippen LogP) is 2.85. The van der Waals surface area contributed by atoms with Crippen molar-refractivity contribution in [1.82, 2.24) is 4.57 Å². The van der Waals surface area contributed by atoms with Crippen molar-refractivity contribution in [3.63, 3.8) is 0 Å². The molecule has 0 saturated carbocycles. The maximum absolute atomic E-state index is 12.6. The van der Waals surface area contributed by atoms with Gasteiger partial charge in [0, 0.05) is 23.9 Å². The molecule has 0 aliphatic rings. The Morgan fingerprint density at radius 2 is 1.71 bits per heavy atom. The van der Waals surface area contributed by atoms with Crippen molar-refractivity contribution in [3.8, 4) is 11.5 Å². The van der Waals surface area contributed by atoms with Gasteiger partial charge in [-0.1, -0.05) is 0 Å². The number of furan rings is 1. The Morgan fingerprint density at radius 3 is 2.52 bits per heavy atom. The van der Waals surface area contributed by atoms with Gasteiger partial charge in [-0.3, -0.25) is 4.79 Å². The molecule has 5 nitrogen and oxygen atoms in total. The number of aromatic hydroxyl groups is 2. The third-order valence-electron chi connectivity index (χ3n) is 3.78. The van der Waals surface area contributed by atoms with Crippen molar-refractivity contribution in [1.29, 1.82) is 0 Å². The van der Waals surface area contributed by atoms with Gasteiger partial charge in [0.15, 0.2) is 0 Å². The van der Waals surface area contributed by atoms with Crippen LogP contribution in [-0.4, -0.2) is 14.8 Å². The highest BCUT2D eigenvalue weighted by molar-refractivity contribution is 6.14. The Hall–Kier alpha value is -2.95. The predicted molar refractivity (Wildman–Crippen MR) is 79.8 cm³/mol. The zero-order valence-electron chi connectivity index (χ0n) is 11.1. The Labute approximate surface area is 118 Å². The summed E-state index contributed by atoms with van der Waals surface area (Å²) in [6.45, 7) is 0. The van der Waals surface area contributed by atoms with E-state index >= 15 is 0 Å². The molecule has 0 amide bonds.